The molecule has 3 aromatic rings. The molecule has 0 aromatic heterocycles. The largest absolute Gasteiger partial charge is 0.489 e. The summed E-state index contributed by atoms with van der Waals surface area (Å²) in [5.74, 6) is 0.618. The van der Waals surface area contributed by atoms with Crippen LogP contribution in [0.25, 0.3) is 0 Å². The van der Waals surface area contributed by atoms with Crippen LogP contribution >= 0.6 is 0 Å². The molecule has 0 N–H and O–H groups in total. The molecule has 33 heavy (non-hydrogen) atoms. The van der Waals surface area contributed by atoms with Gasteiger partial charge in [0.15, 0.2) is 6.61 Å². The normalized spacial score (nSPS) is 14.0. The van der Waals surface area contributed by atoms with Crippen molar-refractivity contribution in [3.8, 4) is 5.75 Å². The predicted molar refractivity (Wildman–Crippen MR) is 127 cm³/mol. The number of likely N-dealkylation sites (tertiary alicyclic amines) is 1. The van der Waals surface area contributed by atoms with E-state index in [1.54, 1.807) is 29.2 Å². The molecule has 0 bridgehead atoms. The highest BCUT2D eigenvalue weighted by Gasteiger charge is 2.23. The summed E-state index contributed by atoms with van der Waals surface area (Å²) in [6.45, 7) is 1.65. The van der Waals surface area contributed by atoms with Crippen LogP contribution in [-0.2, 0) is 22.6 Å². The summed E-state index contributed by atoms with van der Waals surface area (Å²) in [5, 5.41) is 0. The fourth-order valence-electron chi connectivity index (χ4n) is 4.06. The number of carbonyl (C=O) groups is 2. The van der Waals surface area contributed by atoms with Crippen molar-refractivity contribution in [3.05, 3.63) is 102 Å². The first kappa shape index (κ1) is 22.6. The van der Waals surface area contributed by atoms with Crippen molar-refractivity contribution in [2.24, 2.45) is 5.92 Å². The quantitative estimate of drug-likeness (QED) is 0.465. The molecule has 1 amide bonds. The average molecular weight is 444 g/mol. The molecule has 1 aliphatic heterocycles. The summed E-state index contributed by atoms with van der Waals surface area (Å²) < 4.78 is 11.0. The molecule has 0 aliphatic carbocycles. The number of amides is 1. The minimum Gasteiger partial charge on any atom is -0.489 e. The Bertz CT molecular complexity index is 1030. The van der Waals surface area contributed by atoms with E-state index in [9.17, 15) is 9.59 Å². The molecule has 0 unspecified atom stereocenters. The fourth-order valence-corrected chi connectivity index (χ4v) is 4.06. The van der Waals surface area contributed by atoms with Gasteiger partial charge in [0.2, 0.25) is 0 Å². The minimum absolute atomic E-state index is 0.135. The number of hydrogen-bond donors (Lipinski definition) is 0. The second-order valence-electron chi connectivity index (χ2n) is 8.39. The van der Waals surface area contributed by atoms with Crippen LogP contribution in [0, 0.1) is 5.92 Å². The lowest BCUT2D eigenvalue weighted by molar-refractivity contribution is -0.135. The van der Waals surface area contributed by atoms with Crippen molar-refractivity contribution >= 4 is 11.9 Å². The van der Waals surface area contributed by atoms with E-state index >= 15 is 0 Å². The highest BCUT2D eigenvalue weighted by molar-refractivity contribution is 5.91. The third-order valence-electron chi connectivity index (χ3n) is 6.00. The third kappa shape index (κ3) is 6.69. The van der Waals surface area contributed by atoms with Gasteiger partial charge in [-0.05, 0) is 60.6 Å². The number of carbonyl (C=O) groups excluding carboxylic acids is 2. The lowest BCUT2D eigenvalue weighted by Crippen LogP contribution is -2.41. The van der Waals surface area contributed by atoms with E-state index in [2.05, 4.69) is 24.3 Å². The molecule has 170 valence electrons. The molecule has 5 nitrogen and oxygen atoms in total. The predicted octanol–water partition coefficient (Wildman–Crippen LogP) is 4.90. The number of rotatable bonds is 8. The first-order chi connectivity index (χ1) is 16.2. The van der Waals surface area contributed by atoms with Gasteiger partial charge in [-0.25, -0.2) is 4.79 Å². The summed E-state index contributed by atoms with van der Waals surface area (Å²) in [6, 6.07) is 27.1. The van der Waals surface area contributed by atoms with E-state index in [-0.39, 0.29) is 12.5 Å². The van der Waals surface area contributed by atoms with Crippen molar-refractivity contribution < 1.29 is 19.1 Å². The smallest absolute Gasteiger partial charge is 0.338 e. The first-order valence-corrected chi connectivity index (χ1v) is 11.4. The molecule has 0 spiro atoms. The Balaban J connectivity index is 1.18. The highest BCUT2D eigenvalue weighted by atomic mass is 16.5. The van der Waals surface area contributed by atoms with Gasteiger partial charge in [0.05, 0.1) is 5.56 Å². The number of benzene rings is 3. The molecule has 3 aromatic carbocycles. The zero-order valence-corrected chi connectivity index (χ0v) is 18.7. The van der Waals surface area contributed by atoms with Crippen LogP contribution in [0.3, 0.4) is 0 Å². The van der Waals surface area contributed by atoms with Gasteiger partial charge in [0, 0.05) is 13.1 Å². The molecule has 5 heteroatoms. The third-order valence-corrected chi connectivity index (χ3v) is 6.00. The Labute approximate surface area is 194 Å². The lowest BCUT2D eigenvalue weighted by Gasteiger charge is -2.32. The zero-order chi connectivity index (χ0) is 22.9. The van der Waals surface area contributed by atoms with Gasteiger partial charge in [0.1, 0.15) is 12.4 Å². The molecule has 0 saturated carbocycles. The number of hydrogen-bond acceptors (Lipinski definition) is 4. The van der Waals surface area contributed by atoms with Gasteiger partial charge in [0.25, 0.3) is 5.91 Å². The lowest BCUT2D eigenvalue weighted by atomic mass is 9.90. The molecule has 1 fully saturated rings. The van der Waals surface area contributed by atoms with Crippen LogP contribution in [0.1, 0.15) is 34.3 Å². The topological polar surface area (TPSA) is 55.8 Å². The molecule has 0 atom stereocenters. The average Bonchev–Trinajstić information content (AvgIpc) is 2.88. The van der Waals surface area contributed by atoms with E-state index in [0.717, 1.165) is 24.8 Å². The van der Waals surface area contributed by atoms with Crippen LogP contribution in [0.2, 0.25) is 0 Å². The number of nitrogens with zero attached hydrogens (tertiary/aromatic N) is 1. The Morgan fingerprint density at radius 1 is 0.788 bits per heavy atom. The SMILES string of the molecule is O=C(OCC(=O)N1CCC(Cc2ccccc2)CC1)c1ccc(OCc2ccccc2)cc1. The Kier molecular flexibility index (Phi) is 7.75. The molecule has 1 heterocycles. The van der Waals surface area contributed by atoms with Crippen LogP contribution in [0.4, 0.5) is 0 Å². The Hall–Kier alpha value is -3.60. The maximum Gasteiger partial charge on any atom is 0.338 e. The van der Waals surface area contributed by atoms with Crippen LogP contribution < -0.4 is 4.74 Å². The second kappa shape index (κ2) is 11.3. The summed E-state index contributed by atoms with van der Waals surface area (Å²) in [7, 11) is 0. The van der Waals surface area contributed by atoms with E-state index in [0.29, 0.717) is 36.9 Å². The van der Waals surface area contributed by atoms with Crippen molar-refractivity contribution in [2.45, 2.75) is 25.9 Å². The highest BCUT2D eigenvalue weighted by Crippen LogP contribution is 2.22. The maximum atomic E-state index is 12.5. The van der Waals surface area contributed by atoms with Gasteiger partial charge < -0.3 is 14.4 Å². The second-order valence-corrected chi connectivity index (χ2v) is 8.39. The van der Waals surface area contributed by atoms with E-state index < -0.39 is 5.97 Å². The zero-order valence-electron chi connectivity index (χ0n) is 18.7. The Morgan fingerprint density at radius 2 is 1.39 bits per heavy atom. The summed E-state index contributed by atoms with van der Waals surface area (Å²) in [6.07, 6.45) is 2.99. The minimum atomic E-state index is -0.503. The van der Waals surface area contributed by atoms with Crippen molar-refractivity contribution in [1.82, 2.24) is 4.90 Å². The van der Waals surface area contributed by atoms with Gasteiger partial charge in [-0.1, -0.05) is 60.7 Å². The summed E-state index contributed by atoms with van der Waals surface area (Å²) in [4.78, 5) is 26.6. The van der Waals surface area contributed by atoms with Crippen LogP contribution in [-0.4, -0.2) is 36.5 Å². The fraction of sp³-hybridized carbons (Fsp3) is 0.286. The van der Waals surface area contributed by atoms with Gasteiger partial charge >= 0.3 is 5.97 Å². The van der Waals surface area contributed by atoms with E-state index in [4.69, 9.17) is 9.47 Å². The van der Waals surface area contributed by atoms with E-state index in [1.807, 2.05) is 36.4 Å². The molecular formula is C28H29NO4. The molecule has 0 radical (unpaired) electrons. The number of piperidine rings is 1. The number of ether oxygens (including phenoxy) is 2. The Morgan fingerprint density at radius 3 is 2.03 bits per heavy atom. The molecule has 1 aliphatic rings. The first-order valence-electron chi connectivity index (χ1n) is 11.4. The number of esters is 1. The van der Waals surface area contributed by atoms with Gasteiger partial charge in [-0.15, -0.1) is 0 Å². The molecule has 4 rings (SSSR count). The van der Waals surface area contributed by atoms with Crippen molar-refractivity contribution in [1.29, 1.82) is 0 Å². The standard InChI is InChI=1S/C28H29NO4/c30-27(29-17-15-23(16-18-29)19-22-7-3-1-4-8-22)21-33-28(31)25-11-13-26(14-12-25)32-20-24-9-5-2-6-10-24/h1-14,23H,15-21H2. The molecular weight excluding hydrogens is 414 g/mol. The van der Waals surface area contributed by atoms with Crippen LogP contribution in [0.5, 0.6) is 5.75 Å². The van der Waals surface area contributed by atoms with Crippen LogP contribution in [0.15, 0.2) is 84.9 Å². The molecule has 1 saturated heterocycles. The summed E-state index contributed by atoms with van der Waals surface area (Å²) >= 11 is 0. The summed E-state index contributed by atoms with van der Waals surface area (Å²) in [5.41, 5.74) is 2.81. The monoisotopic (exact) mass is 443 g/mol. The van der Waals surface area contributed by atoms with Gasteiger partial charge in [-0.2, -0.15) is 0 Å². The van der Waals surface area contributed by atoms with Crippen molar-refractivity contribution in [3.63, 3.8) is 0 Å². The van der Waals surface area contributed by atoms with Crippen molar-refractivity contribution in [2.75, 3.05) is 19.7 Å². The van der Waals surface area contributed by atoms with E-state index in [1.165, 1.54) is 5.56 Å². The maximum absolute atomic E-state index is 12.5. The van der Waals surface area contributed by atoms with Gasteiger partial charge in [-0.3, -0.25) is 4.79 Å².